The molecule has 2 aliphatic heterocycles. The predicted molar refractivity (Wildman–Crippen MR) is 204 cm³/mol. The first kappa shape index (κ1) is 43.7. The maximum Gasteiger partial charge on any atom is 0.315 e. The van der Waals surface area contributed by atoms with Crippen molar-refractivity contribution in [1.82, 2.24) is 20.8 Å². The lowest BCUT2D eigenvalue weighted by Gasteiger charge is -2.28. The van der Waals surface area contributed by atoms with Crippen LogP contribution in [0.5, 0.6) is 11.5 Å². The highest BCUT2D eigenvalue weighted by Gasteiger charge is 2.31. The minimum Gasteiger partial charge on any atom is -0.492 e. The Labute approximate surface area is 337 Å². The van der Waals surface area contributed by atoms with E-state index in [0.29, 0.717) is 25.1 Å². The van der Waals surface area contributed by atoms with Crippen LogP contribution in [0.3, 0.4) is 0 Å². The Kier molecular flexibility index (Phi) is 15.8. The standard InChI is InChI=1S/C18H16ClF2N3O3.C16H12Cl2F2N2O2.C2H4ClNO/c1-22-18(26)24-14-6-7-27-16-10(3-5-13(21)15(14)16)17(25)23-9-2-4-12(20)11(19)8-9;17-10-7-8(1-3-11(10)19)21-16(23)9-2-4-12(20)14-13(22-18)5-6-24-15(9)14;1-4-2(3)5/h2-5,8,14H,6-7H2,1H3,(H,23,25)(H2,22,24,26);1-4,7,13,22H,5-6H2,(H,21,23);1H3,(H,4,5)/t14-;13-;/m00./s1. The zero-order valence-corrected chi connectivity index (χ0v) is 32.3. The average molecular weight is 862 g/mol. The molecule has 0 aliphatic carbocycles. The lowest BCUT2D eigenvalue weighted by molar-refractivity contribution is 0.101. The maximum absolute atomic E-state index is 14.4. The first-order valence-electron chi connectivity index (χ1n) is 16.3. The van der Waals surface area contributed by atoms with Crippen LogP contribution in [0.2, 0.25) is 10.0 Å². The van der Waals surface area contributed by atoms with Crippen molar-refractivity contribution in [2.75, 3.05) is 37.9 Å². The summed E-state index contributed by atoms with van der Waals surface area (Å²) in [7, 11) is 2.92. The number of amides is 5. The van der Waals surface area contributed by atoms with Crippen LogP contribution in [0.25, 0.3) is 0 Å². The molecular weight excluding hydrogens is 830 g/mol. The topological polar surface area (TPSA) is 159 Å². The van der Waals surface area contributed by atoms with E-state index in [4.69, 9.17) is 56.1 Å². The van der Waals surface area contributed by atoms with Gasteiger partial charge in [0, 0.05) is 43.9 Å². The molecule has 0 saturated heterocycles. The molecule has 4 aromatic rings. The Bertz CT molecular complexity index is 2120. The first-order chi connectivity index (χ1) is 26.7. The van der Waals surface area contributed by atoms with Crippen LogP contribution in [0.1, 0.15) is 56.8 Å². The van der Waals surface area contributed by atoms with Crippen LogP contribution in [-0.4, -0.2) is 50.5 Å². The number of urea groups is 1. The molecular formula is C36H32Cl4F4N6O6. The van der Waals surface area contributed by atoms with Gasteiger partial charge in [-0.1, -0.05) is 23.2 Å². The van der Waals surface area contributed by atoms with Gasteiger partial charge in [0.05, 0.1) is 52.0 Å². The van der Waals surface area contributed by atoms with Crippen molar-refractivity contribution in [2.45, 2.75) is 24.9 Å². The van der Waals surface area contributed by atoms with Crippen LogP contribution in [0.15, 0.2) is 60.7 Å². The molecule has 0 fully saturated rings. The summed E-state index contributed by atoms with van der Waals surface area (Å²) in [6, 6.07) is 10.9. The van der Waals surface area contributed by atoms with Gasteiger partial charge >= 0.3 is 11.4 Å². The number of ether oxygens (including phenoxy) is 2. The van der Waals surface area contributed by atoms with E-state index < -0.39 is 58.6 Å². The highest BCUT2D eigenvalue weighted by atomic mass is 35.5. The predicted octanol–water partition coefficient (Wildman–Crippen LogP) is 8.63. The number of carbonyl (C=O) groups excluding carboxylic acids is 4. The summed E-state index contributed by atoms with van der Waals surface area (Å²) in [5.41, 5.74) is 1.15. The number of rotatable bonds is 6. The number of hydrogen-bond donors (Lipinski definition) is 6. The molecule has 2 aliphatic rings. The molecule has 0 unspecified atom stereocenters. The second kappa shape index (κ2) is 20.2. The molecule has 0 saturated carbocycles. The van der Waals surface area contributed by atoms with Crippen LogP contribution in [0, 0.1) is 23.3 Å². The van der Waals surface area contributed by atoms with Gasteiger partial charge < -0.3 is 36.1 Å². The van der Waals surface area contributed by atoms with Gasteiger partial charge in [-0.05, 0) is 84.0 Å². The Morgan fingerprint density at radius 2 is 1.05 bits per heavy atom. The van der Waals surface area contributed by atoms with E-state index in [0.717, 1.165) is 18.2 Å². The molecule has 4 aromatic carbocycles. The molecule has 5 amide bonds. The highest BCUT2D eigenvalue weighted by molar-refractivity contribution is 6.62. The summed E-state index contributed by atoms with van der Waals surface area (Å²) >= 11 is 21.8. The van der Waals surface area contributed by atoms with Crippen molar-refractivity contribution >= 4 is 81.2 Å². The summed E-state index contributed by atoms with van der Waals surface area (Å²) in [5, 5.41) is 11.6. The van der Waals surface area contributed by atoms with Gasteiger partial charge in [0.1, 0.15) is 34.8 Å². The molecule has 0 aromatic heterocycles. The summed E-state index contributed by atoms with van der Waals surface area (Å²) in [6.07, 6.45) is 0.835. The Morgan fingerprint density at radius 1 is 0.643 bits per heavy atom. The van der Waals surface area contributed by atoms with E-state index in [1.54, 1.807) is 0 Å². The van der Waals surface area contributed by atoms with Gasteiger partial charge in [-0.25, -0.2) is 27.2 Å². The number of hydrogen-bond acceptors (Lipinski definition) is 7. The van der Waals surface area contributed by atoms with Crippen LogP contribution in [0.4, 0.5) is 38.5 Å². The van der Waals surface area contributed by atoms with Gasteiger partial charge in [0.15, 0.2) is 0 Å². The summed E-state index contributed by atoms with van der Waals surface area (Å²) in [5.74, 6) is -3.19. The molecule has 298 valence electrons. The van der Waals surface area contributed by atoms with Crippen molar-refractivity contribution in [3.8, 4) is 11.5 Å². The second-order valence-electron chi connectivity index (χ2n) is 11.6. The zero-order valence-electron chi connectivity index (χ0n) is 29.2. The molecule has 0 bridgehead atoms. The van der Waals surface area contributed by atoms with E-state index in [2.05, 4.69) is 31.4 Å². The van der Waals surface area contributed by atoms with E-state index >= 15 is 0 Å². The van der Waals surface area contributed by atoms with Crippen LogP contribution < -0.4 is 40.9 Å². The molecule has 0 radical (unpaired) electrons. The van der Waals surface area contributed by atoms with E-state index in [9.17, 15) is 36.7 Å². The van der Waals surface area contributed by atoms with Crippen LogP contribution in [-0.2, 0) is 0 Å². The molecule has 12 nitrogen and oxygen atoms in total. The van der Waals surface area contributed by atoms with Crippen molar-refractivity contribution in [2.24, 2.45) is 0 Å². The van der Waals surface area contributed by atoms with Gasteiger partial charge in [-0.2, -0.15) is 0 Å². The number of benzene rings is 4. The molecule has 6 rings (SSSR count). The van der Waals surface area contributed by atoms with Gasteiger partial charge in [-0.3, -0.25) is 14.4 Å². The fourth-order valence-electron chi connectivity index (χ4n) is 5.34. The van der Waals surface area contributed by atoms with E-state index in [-0.39, 0.29) is 56.1 Å². The molecule has 2 atom stereocenters. The number of anilines is 2. The average Bonchev–Trinajstić information content (AvgIpc) is 3.18. The van der Waals surface area contributed by atoms with Crippen molar-refractivity contribution in [3.63, 3.8) is 0 Å². The first-order valence-corrected chi connectivity index (χ1v) is 17.8. The fraction of sp³-hybridized carbons (Fsp3) is 0.222. The normalized spacial score (nSPS) is 15.0. The number of halogens is 8. The highest BCUT2D eigenvalue weighted by Crippen LogP contribution is 2.39. The second-order valence-corrected chi connectivity index (χ2v) is 13.0. The number of nitrogens with one attached hydrogen (secondary N) is 6. The molecule has 2 heterocycles. The third kappa shape index (κ3) is 11.1. The lowest BCUT2D eigenvalue weighted by atomic mass is 9.96. The molecule has 6 N–H and O–H groups in total. The van der Waals surface area contributed by atoms with Gasteiger partial charge in [-0.15, -0.1) is 0 Å². The Morgan fingerprint density at radius 3 is 1.45 bits per heavy atom. The minimum absolute atomic E-state index is 0.0633. The maximum atomic E-state index is 14.4. The SMILES string of the molecule is CNC(=O)Cl.CNC(=O)N[C@H]1CCOc2c(C(=O)Nc3ccc(F)c(Cl)c3)ccc(F)c21.O=C(Nc1ccc(F)c(Cl)c1)c1ccc(F)c2c1OCC[C@@H]2NCl. The van der Waals surface area contributed by atoms with Crippen molar-refractivity contribution in [3.05, 3.63) is 116 Å². The monoisotopic (exact) mass is 860 g/mol. The molecule has 0 spiro atoms. The molecule has 20 heteroatoms. The van der Waals surface area contributed by atoms with E-state index in [1.165, 1.54) is 56.6 Å². The Balaban J connectivity index is 0.000000223. The molecule has 56 heavy (non-hydrogen) atoms. The fourth-order valence-corrected chi connectivity index (χ4v) is 5.92. The summed E-state index contributed by atoms with van der Waals surface area (Å²) in [6.45, 7) is 0.497. The quantitative estimate of drug-likeness (QED) is 0.0490. The summed E-state index contributed by atoms with van der Waals surface area (Å²) < 4.78 is 66.0. The smallest absolute Gasteiger partial charge is 0.315 e. The minimum atomic E-state index is -0.637. The van der Waals surface area contributed by atoms with Crippen molar-refractivity contribution < 1.29 is 46.2 Å². The third-order valence-corrected chi connectivity index (χ3v) is 9.03. The zero-order chi connectivity index (χ0) is 41.1. The Hall–Kier alpha value is -5.00. The van der Waals surface area contributed by atoms with Gasteiger partial charge in [0.2, 0.25) is 0 Å². The third-order valence-electron chi connectivity index (χ3n) is 7.99. The number of carbonyl (C=O) groups is 4. The summed E-state index contributed by atoms with van der Waals surface area (Å²) in [4.78, 5) is 48.7. The van der Waals surface area contributed by atoms with Crippen LogP contribution >= 0.6 is 46.6 Å². The van der Waals surface area contributed by atoms with Crippen molar-refractivity contribution in [1.29, 1.82) is 0 Å². The van der Waals surface area contributed by atoms with E-state index in [1.807, 2.05) is 0 Å². The van der Waals surface area contributed by atoms with Gasteiger partial charge in [0.25, 0.3) is 11.8 Å². The number of fused-ring (bicyclic) bond motifs is 2. The lowest BCUT2D eigenvalue weighted by Crippen LogP contribution is -2.38. The largest absolute Gasteiger partial charge is 0.492 e.